The van der Waals surface area contributed by atoms with Crippen molar-refractivity contribution >= 4 is 11.5 Å². The summed E-state index contributed by atoms with van der Waals surface area (Å²) in [6, 6.07) is 10.1. The van der Waals surface area contributed by atoms with E-state index in [0.29, 0.717) is 5.92 Å². The number of rotatable bonds is 3. The van der Waals surface area contributed by atoms with Crippen LogP contribution >= 0.6 is 0 Å². The minimum atomic E-state index is 0.473. The maximum atomic E-state index is 10.7. The van der Waals surface area contributed by atoms with E-state index >= 15 is 0 Å². The first-order valence-electron chi connectivity index (χ1n) is 5.30. The van der Waals surface area contributed by atoms with Gasteiger partial charge in [-0.25, -0.2) is 4.79 Å². The number of benzene rings is 1. The molecule has 0 spiro atoms. The summed E-state index contributed by atoms with van der Waals surface area (Å²) in [5.74, 6) is 2.53. The maximum Gasteiger partial charge on any atom is 0.128 e. The number of carbonyl (C=O) groups excluding carboxylic acids is 1. The molecule has 1 heteroatoms. The van der Waals surface area contributed by atoms with E-state index < -0.39 is 0 Å². The van der Waals surface area contributed by atoms with Gasteiger partial charge in [0.05, 0.1) is 0 Å². The van der Waals surface area contributed by atoms with Gasteiger partial charge in [-0.3, -0.25) is 0 Å². The molecule has 0 saturated heterocycles. The van der Waals surface area contributed by atoms with Crippen molar-refractivity contribution in [2.75, 3.05) is 0 Å². The standard InChI is InChI=1S/C14H14O/c1-11(12-5-3-2-4-6-12)9-14(10-15)13-7-8-13/h2-6,9,13H,7-8H2,1H3. The quantitative estimate of drug-likeness (QED) is 0.538. The van der Waals surface area contributed by atoms with Gasteiger partial charge in [0.25, 0.3) is 0 Å². The predicted octanol–water partition coefficient (Wildman–Crippen LogP) is 3.26. The molecule has 1 aliphatic carbocycles. The Morgan fingerprint density at radius 1 is 1.33 bits per heavy atom. The zero-order valence-corrected chi connectivity index (χ0v) is 8.86. The number of allylic oxidation sites excluding steroid dienone is 3. The molecule has 1 aromatic carbocycles. The van der Waals surface area contributed by atoms with Gasteiger partial charge >= 0.3 is 0 Å². The highest BCUT2D eigenvalue weighted by atomic mass is 16.1. The second-order valence-electron chi connectivity index (χ2n) is 4.03. The Morgan fingerprint density at radius 2 is 2.00 bits per heavy atom. The van der Waals surface area contributed by atoms with E-state index in [-0.39, 0.29) is 0 Å². The molecule has 0 radical (unpaired) electrons. The molecule has 76 valence electrons. The molecule has 2 rings (SSSR count). The zero-order valence-electron chi connectivity index (χ0n) is 8.86. The van der Waals surface area contributed by atoms with Gasteiger partial charge in [-0.1, -0.05) is 30.3 Å². The van der Waals surface area contributed by atoms with Crippen molar-refractivity contribution in [3.8, 4) is 0 Å². The molecule has 0 N–H and O–H groups in total. The van der Waals surface area contributed by atoms with Crippen molar-refractivity contribution in [2.45, 2.75) is 19.8 Å². The van der Waals surface area contributed by atoms with Gasteiger partial charge in [0.1, 0.15) is 5.94 Å². The predicted molar refractivity (Wildman–Crippen MR) is 62.0 cm³/mol. The Kier molecular flexibility index (Phi) is 2.84. The van der Waals surface area contributed by atoms with Crippen LogP contribution in [0.25, 0.3) is 5.57 Å². The molecule has 1 aliphatic rings. The fourth-order valence-corrected chi connectivity index (χ4v) is 1.64. The lowest BCUT2D eigenvalue weighted by atomic mass is 10.0. The molecule has 0 heterocycles. The Morgan fingerprint density at radius 3 is 2.53 bits per heavy atom. The summed E-state index contributed by atoms with van der Waals surface area (Å²) >= 11 is 0. The van der Waals surface area contributed by atoms with Crippen LogP contribution in [0.1, 0.15) is 25.3 Å². The van der Waals surface area contributed by atoms with E-state index in [1.807, 2.05) is 31.2 Å². The third-order valence-corrected chi connectivity index (χ3v) is 2.74. The maximum absolute atomic E-state index is 10.7. The minimum Gasteiger partial charge on any atom is -0.233 e. The second-order valence-corrected chi connectivity index (χ2v) is 4.03. The van der Waals surface area contributed by atoms with Crippen LogP contribution in [0.4, 0.5) is 0 Å². The van der Waals surface area contributed by atoms with E-state index in [4.69, 9.17) is 0 Å². The summed E-state index contributed by atoms with van der Waals surface area (Å²) in [5.41, 5.74) is 3.14. The molecule has 0 amide bonds. The third-order valence-electron chi connectivity index (χ3n) is 2.74. The largest absolute Gasteiger partial charge is 0.233 e. The van der Waals surface area contributed by atoms with E-state index in [2.05, 4.69) is 18.1 Å². The van der Waals surface area contributed by atoms with Crippen molar-refractivity contribution < 1.29 is 4.79 Å². The van der Waals surface area contributed by atoms with E-state index in [0.717, 1.165) is 24.0 Å². The van der Waals surface area contributed by atoms with Crippen LogP contribution in [0, 0.1) is 5.92 Å². The number of hydrogen-bond acceptors (Lipinski definition) is 1. The molecule has 0 atom stereocenters. The molecule has 1 aromatic rings. The molecular formula is C14H14O. The van der Waals surface area contributed by atoms with E-state index in [1.165, 1.54) is 5.56 Å². The SMILES string of the molecule is CC(=CC(=C=O)C1CC1)c1ccccc1. The molecule has 1 nitrogen and oxygen atoms in total. The zero-order chi connectivity index (χ0) is 10.7. The monoisotopic (exact) mass is 198 g/mol. The first-order valence-corrected chi connectivity index (χ1v) is 5.30. The van der Waals surface area contributed by atoms with Crippen LogP contribution in [0.2, 0.25) is 0 Å². The lowest BCUT2D eigenvalue weighted by Gasteiger charge is -2.01. The second kappa shape index (κ2) is 4.29. The van der Waals surface area contributed by atoms with Crippen molar-refractivity contribution in [3.05, 3.63) is 47.5 Å². The van der Waals surface area contributed by atoms with Crippen molar-refractivity contribution in [1.82, 2.24) is 0 Å². The summed E-state index contributed by atoms with van der Waals surface area (Å²) in [4.78, 5) is 10.7. The molecule has 0 aromatic heterocycles. The van der Waals surface area contributed by atoms with Crippen LogP contribution < -0.4 is 0 Å². The molecule has 0 unspecified atom stereocenters. The Hall–Kier alpha value is -1.59. The molecule has 1 saturated carbocycles. The fraction of sp³-hybridized carbons (Fsp3) is 0.286. The van der Waals surface area contributed by atoms with Gasteiger partial charge in [0.15, 0.2) is 0 Å². The topological polar surface area (TPSA) is 17.1 Å². The lowest BCUT2D eigenvalue weighted by Crippen LogP contribution is -1.85. The molecule has 1 fully saturated rings. The van der Waals surface area contributed by atoms with E-state index in [9.17, 15) is 4.79 Å². The highest BCUT2D eigenvalue weighted by Crippen LogP contribution is 2.36. The van der Waals surface area contributed by atoms with Crippen molar-refractivity contribution in [3.63, 3.8) is 0 Å². The van der Waals surface area contributed by atoms with Crippen molar-refractivity contribution in [2.24, 2.45) is 5.92 Å². The van der Waals surface area contributed by atoms with Gasteiger partial charge in [-0.15, -0.1) is 0 Å². The van der Waals surface area contributed by atoms with Crippen LogP contribution in [0.3, 0.4) is 0 Å². The van der Waals surface area contributed by atoms with Gasteiger partial charge in [-0.2, -0.15) is 0 Å². The average molecular weight is 198 g/mol. The fourth-order valence-electron chi connectivity index (χ4n) is 1.64. The van der Waals surface area contributed by atoms with Crippen molar-refractivity contribution in [1.29, 1.82) is 0 Å². The van der Waals surface area contributed by atoms with Crippen LogP contribution in [0.15, 0.2) is 42.0 Å². The Bertz CT molecular complexity index is 418. The molecular weight excluding hydrogens is 184 g/mol. The summed E-state index contributed by atoms with van der Waals surface area (Å²) in [6.07, 6.45) is 4.26. The first-order chi connectivity index (χ1) is 7.31. The lowest BCUT2D eigenvalue weighted by molar-refractivity contribution is 0.566. The summed E-state index contributed by atoms with van der Waals surface area (Å²) in [6.45, 7) is 2.04. The summed E-state index contributed by atoms with van der Waals surface area (Å²) in [7, 11) is 0. The first kappa shape index (κ1) is 9.95. The molecule has 0 bridgehead atoms. The smallest absolute Gasteiger partial charge is 0.128 e. The average Bonchev–Trinajstić information content (AvgIpc) is 3.10. The van der Waals surface area contributed by atoms with Crippen LogP contribution in [-0.2, 0) is 4.79 Å². The molecule has 15 heavy (non-hydrogen) atoms. The highest BCUT2D eigenvalue weighted by molar-refractivity contribution is 5.72. The van der Waals surface area contributed by atoms with Gasteiger partial charge < -0.3 is 0 Å². The number of hydrogen-bond donors (Lipinski definition) is 0. The van der Waals surface area contributed by atoms with Crippen LogP contribution in [-0.4, -0.2) is 5.94 Å². The van der Waals surface area contributed by atoms with Gasteiger partial charge in [-0.05, 0) is 42.9 Å². The van der Waals surface area contributed by atoms with E-state index in [1.54, 1.807) is 0 Å². The minimum absolute atomic E-state index is 0.473. The Labute approximate surface area is 90.1 Å². The summed E-state index contributed by atoms with van der Waals surface area (Å²) in [5, 5.41) is 0. The summed E-state index contributed by atoms with van der Waals surface area (Å²) < 4.78 is 0. The highest BCUT2D eigenvalue weighted by Gasteiger charge is 2.25. The van der Waals surface area contributed by atoms with Crippen LogP contribution in [0.5, 0.6) is 0 Å². The molecule has 0 aliphatic heterocycles. The normalized spacial score (nSPS) is 15.9. The Balaban J connectivity index is 2.23. The van der Waals surface area contributed by atoms with Gasteiger partial charge in [0, 0.05) is 5.57 Å². The van der Waals surface area contributed by atoms with Gasteiger partial charge in [0.2, 0.25) is 0 Å². The third kappa shape index (κ3) is 2.45.